The molecule has 35 heavy (non-hydrogen) atoms. The predicted molar refractivity (Wildman–Crippen MR) is 134 cm³/mol. The monoisotopic (exact) mass is 492 g/mol. The van der Waals surface area contributed by atoms with E-state index in [1.54, 1.807) is 0 Å². The number of hydrogen-bond acceptors (Lipinski definition) is 4. The number of benzene rings is 2. The Morgan fingerprint density at radius 3 is 2.37 bits per heavy atom. The highest BCUT2D eigenvalue weighted by Crippen LogP contribution is 2.71. The van der Waals surface area contributed by atoms with Gasteiger partial charge in [0.2, 0.25) is 15.9 Å². The van der Waals surface area contributed by atoms with Gasteiger partial charge in [-0.05, 0) is 86.0 Å². The largest absolute Gasteiger partial charge is 0.471 e. The third kappa shape index (κ3) is 3.50. The number of ether oxygens (including phenoxy) is 1. The van der Waals surface area contributed by atoms with Gasteiger partial charge in [0.15, 0.2) is 5.88 Å². The van der Waals surface area contributed by atoms with E-state index in [0.717, 1.165) is 36.8 Å². The van der Waals surface area contributed by atoms with Crippen molar-refractivity contribution in [1.29, 1.82) is 0 Å². The van der Waals surface area contributed by atoms with E-state index in [0.29, 0.717) is 29.7 Å². The molecule has 4 saturated carbocycles. The van der Waals surface area contributed by atoms with Crippen molar-refractivity contribution >= 4 is 15.9 Å². The van der Waals surface area contributed by atoms with Crippen LogP contribution in [0.5, 0.6) is 0 Å². The Labute approximate surface area is 207 Å². The molecule has 1 saturated heterocycles. The van der Waals surface area contributed by atoms with Crippen LogP contribution in [0.4, 0.5) is 0 Å². The average molecular weight is 493 g/mol. The molecule has 1 aliphatic heterocycles. The first-order valence-electron chi connectivity index (χ1n) is 12.4. The van der Waals surface area contributed by atoms with Crippen LogP contribution in [0, 0.1) is 22.7 Å². The second kappa shape index (κ2) is 7.36. The Kier molecular flexibility index (Phi) is 4.76. The molecule has 1 heterocycles. The van der Waals surface area contributed by atoms with E-state index < -0.39 is 26.3 Å². The zero-order chi connectivity index (χ0) is 24.6. The van der Waals surface area contributed by atoms with Gasteiger partial charge in [-0.15, -0.1) is 0 Å². The summed E-state index contributed by atoms with van der Waals surface area (Å²) < 4.78 is 36.2. The number of rotatable bonds is 4. The molecule has 0 radical (unpaired) electrons. The number of sulfonamides is 1. The second-order valence-corrected chi connectivity index (χ2v) is 13.5. The predicted octanol–water partition coefficient (Wildman–Crippen LogP) is 4.65. The van der Waals surface area contributed by atoms with Crippen molar-refractivity contribution in [3.8, 4) is 11.1 Å². The van der Waals surface area contributed by atoms with Crippen molar-refractivity contribution in [1.82, 2.24) is 4.72 Å². The quantitative estimate of drug-likeness (QED) is 0.649. The maximum Gasteiger partial charge on any atom is 0.246 e. The van der Waals surface area contributed by atoms with Crippen molar-refractivity contribution in [3.63, 3.8) is 0 Å². The highest BCUT2D eigenvalue weighted by atomic mass is 32.2. The summed E-state index contributed by atoms with van der Waals surface area (Å²) in [6.45, 7) is 3.66. The van der Waals surface area contributed by atoms with E-state index in [2.05, 4.69) is 4.72 Å². The van der Waals surface area contributed by atoms with Gasteiger partial charge in [0, 0.05) is 0 Å². The Morgan fingerprint density at radius 2 is 1.71 bits per heavy atom. The van der Waals surface area contributed by atoms with Crippen LogP contribution < -0.4 is 10.5 Å². The molecular formula is C28H32N2O4S. The Morgan fingerprint density at radius 1 is 1.03 bits per heavy atom. The van der Waals surface area contributed by atoms with Crippen LogP contribution >= 0.6 is 0 Å². The molecule has 184 valence electrons. The lowest BCUT2D eigenvalue weighted by Gasteiger charge is -2.42. The van der Waals surface area contributed by atoms with Gasteiger partial charge in [0.1, 0.15) is 10.9 Å². The summed E-state index contributed by atoms with van der Waals surface area (Å²) in [6.07, 6.45) is 6.38. The van der Waals surface area contributed by atoms with E-state index in [4.69, 9.17) is 10.5 Å². The number of amides is 1. The van der Waals surface area contributed by atoms with Crippen LogP contribution in [0.2, 0.25) is 0 Å². The first-order valence-corrected chi connectivity index (χ1v) is 14.0. The molecule has 0 aromatic heterocycles. The van der Waals surface area contributed by atoms with Crippen LogP contribution in [0.15, 0.2) is 66.6 Å². The number of nitrogens with one attached hydrogen (secondary N) is 1. The number of primary amides is 1. The van der Waals surface area contributed by atoms with Crippen molar-refractivity contribution in [3.05, 3.63) is 72.1 Å². The summed E-state index contributed by atoms with van der Waals surface area (Å²) in [4.78, 5) is 12.3. The van der Waals surface area contributed by atoms with E-state index in [1.165, 1.54) is 0 Å². The first kappa shape index (κ1) is 22.7. The molecule has 7 rings (SSSR count). The highest BCUT2D eigenvalue weighted by Gasteiger charge is 2.65. The fraction of sp³-hybridized carbons (Fsp3) is 0.464. The minimum atomic E-state index is -3.75. The van der Waals surface area contributed by atoms with Gasteiger partial charge in [-0.25, -0.2) is 8.42 Å². The van der Waals surface area contributed by atoms with E-state index in [-0.39, 0.29) is 11.3 Å². The molecule has 7 heteroatoms. The summed E-state index contributed by atoms with van der Waals surface area (Å²) >= 11 is 0. The summed E-state index contributed by atoms with van der Waals surface area (Å²) in [5.41, 5.74) is 6.98. The lowest BCUT2D eigenvalue weighted by atomic mass is 9.66. The van der Waals surface area contributed by atoms with Gasteiger partial charge < -0.3 is 10.5 Å². The van der Waals surface area contributed by atoms with Gasteiger partial charge >= 0.3 is 0 Å². The average Bonchev–Trinajstić information content (AvgIpc) is 3.14. The standard InChI is InChI=1S/C28H32N2O4S/c1-26(2)24(21-10-8-20(9-11-21)19-6-4-3-5-7-19)35(32,33)30-23(34-26)16-27-13-18-12-22(27)15-28(14-18,17-27)25(29)31/h3-11,16,18,22,24,30H,12-15,17H2,1-2H3,(H2,29,31)/b23-16+/t18?,22?,24-,27?,28?/m1/s1. The zero-order valence-corrected chi connectivity index (χ0v) is 21.0. The number of nitrogens with two attached hydrogens (primary N) is 1. The van der Waals surface area contributed by atoms with Gasteiger partial charge in [0.05, 0.1) is 5.41 Å². The van der Waals surface area contributed by atoms with Crippen LogP contribution in [-0.2, 0) is 19.6 Å². The van der Waals surface area contributed by atoms with Gasteiger partial charge in [-0.1, -0.05) is 54.6 Å². The van der Waals surface area contributed by atoms with E-state index in [9.17, 15) is 13.2 Å². The van der Waals surface area contributed by atoms with Crippen LogP contribution in [0.25, 0.3) is 11.1 Å². The third-order valence-electron chi connectivity index (χ3n) is 8.90. The van der Waals surface area contributed by atoms with Gasteiger partial charge in [-0.3, -0.25) is 9.52 Å². The molecule has 2 aromatic rings. The Bertz CT molecular complexity index is 1320. The van der Waals surface area contributed by atoms with E-state index >= 15 is 0 Å². The number of carbonyl (C=O) groups excluding carboxylic acids is 1. The highest BCUT2D eigenvalue weighted by molar-refractivity contribution is 7.90. The molecule has 3 N–H and O–H groups in total. The SMILES string of the molecule is CC1(C)O/C(=C/C23CC4CC2CC(C(N)=O)(C4)C3)NS(=O)(=O)[C@@H]1c1ccc(-c2ccccc2)cc1. The van der Waals surface area contributed by atoms with Crippen molar-refractivity contribution < 1.29 is 17.9 Å². The van der Waals surface area contributed by atoms with Gasteiger partial charge in [-0.2, -0.15) is 0 Å². The summed E-state index contributed by atoms with van der Waals surface area (Å²) in [6, 6.07) is 17.7. The normalized spacial score (nSPS) is 37.1. The molecule has 4 unspecified atom stereocenters. The van der Waals surface area contributed by atoms with Gasteiger partial charge in [0.25, 0.3) is 0 Å². The molecule has 5 fully saturated rings. The molecule has 4 aliphatic carbocycles. The number of allylic oxidation sites excluding steroid dienone is 1. The number of hydrogen-bond donors (Lipinski definition) is 2. The lowest BCUT2D eigenvalue weighted by molar-refractivity contribution is -0.130. The molecule has 0 spiro atoms. The number of carbonyl (C=O) groups is 1. The van der Waals surface area contributed by atoms with Crippen molar-refractivity contribution in [2.24, 2.45) is 28.4 Å². The molecular weight excluding hydrogens is 460 g/mol. The molecule has 1 amide bonds. The zero-order valence-electron chi connectivity index (χ0n) is 20.2. The lowest BCUT2D eigenvalue weighted by Crippen LogP contribution is -2.49. The molecule has 5 atom stereocenters. The molecule has 6 nitrogen and oxygen atoms in total. The maximum atomic E-state index is 13.6. The van der Waals surface area contributed by atoms with Crippen molar-refractivity contribution in [2.45, 2.75) is 56.8 Å². The fourth-order valence-electron chi connectivity index (χ4n) is 7.79. The Balaban J connectivity index is 1.30. The maximum absolute atomic E-state index is 13.6. The topological polar surface area (TPSA) is 98.5 Å². The molecule has 4 bridgehead atoms. The van der Waals surface area contributed by atoms with Crippen molar-refractivity contribution in [2.75, 3.05) is 0 Å². The van der Waals surface area contributed by atoms with Crippen LogP contribution in [0.1, 0.15) is 56.8 Å². The summed E-state index contributed by atoms with van der Waals surface area (Å²) in [5.74, 6) is 0.897. The first-order chi connectivity index (χ1) is 16.5. The minimum absolute atomic E-state index is 0.211. The van der Waals surface area contributed by atoms with E-state index in [1.807, 2.05) is 74.5 Å². The summed E-state index contributed by atoms with van der Waals surface area (Å²) in [5, 5.41) is -0.859. The second-order valence-electron chi connectivity index (χ2n) is 11.7. The smallest absolute Gasteiger partial charge is 0.246 e. The molecule has 5 aliphatic rings. The van der Waals surface area contributed by atoms with Crippen LogP contribution in [-0.4, -0.2) is 19.9 Å². The summed E-state index contributed by atoms with van der Waals surface area (Å²) in [7, 11) is -3.75. The third-order valence-corrected chi connectivity index (χ3v) is 10.8. The molecule has 2 aromatic carbocycles. The van der Waals surface area contributed by atoms with Crippen LogP contribution in [0.3, 0.4) is 0 Å². The minimum Gasteiger partial charge on any atom is -0.471 e. The Hall–Kier alpha value is -2.80. The fourth-order valence-corrected chi connectivity index (χ4v) is 9.60.